The highest BCUT2D eigenvalue weighted by Gasteiger charge is 2.08. The van der Waals surface area contributed by atoms with E-state index in [1.165, 1.54) is 6.33 Å². The number of fused-ring (bicyclic) bond motifs is 1. The number of halogens is 1. The lowest BCUT2D eigenvalue weighted by molar-refractivity contribution is 0.849. The summed E-state index contributed by atoms with van der Waals surface area (Å²) in [7, 11) is 0. The van der Waals surface area contributed by atoms with E-state index in [-0.39, 0.29) is 0 Å². The summed E-state index contributed by atoms with van der Waals surface area (Å²) in [5, 5.41) is 5.91. The molecular formula is C18H12ClN5. The summed E-state index contributed by atoms with van der Waals surface area (Å²) in [4.78, 5) is 13.2. The SMILES string of the molecule is Clc1ccc(N=Cc2cc3ccccc3nc2-n2cncn2)cc1. The zero-order chi connectivity index (χ0) is 16.4. The van der Waals surface area contributed by atoms with Gasteiger partial charge in [0.25, 0.3) is 0 Å². The number of para-hydroxylation sites is 1. The molecule has 0 radical (unpaired) electrons. The molecule has 0 N–H and O–H groups in total. The van der Waals surface area contributed by atoms with Gasteiger partial charge in [0.05, 0.1) is 11.2 Å². The Morgan fingerprint density at radius 2 is 1.88 bits per heavy atom. The highest BCUT2D eigenvalue weighted by molar-refractivity contribution is 6.30. The molecule has 0 saturated heterocycles. The summed E-state index contributed by atoms with van der Waals surface area (Å²) >= 11 is 5.91. The van der Waals surface area contributed by atoms with Crippen LogP contribution in [0.3, 0.4) is 0 Å². The molecule has 0 spiro atoms. The van der Waals surface area contributed by atoms with Crippen molar-refractivity contribution < 1.29 is 0 Å². The molecule has 5 nitrogen and oxygen atoms in total. The van der Waals surface area contributed by atoms with Gasteiger partial charge in [0, 0.05) is 22.2 Å². The van der Waals surface area contributed by atoms with Crippen LogP contribution in [0.25, 0.3) is 16.7 Å². The minimum atomic E-state index is 0.684. The number of pyridine rings is 1. The molecule has 0 bridgehead atoms. The maximum atomic E-state index is 5.91. The van der Waals surface area contributed by atoms with Crippen LogP contribution in [0, 0.1) is 0 Å². The third kappa shape index (κ3) is 2.89. The predicted octanol–water partition coefficient (Wildman–Crippen LogP) is 4.22. The molecule has 0 aliphatic carbocycles. The van der Waals surface area contributed by atoms with Gasteiger partial charge >= 0.3 is 0 Å². The van der Waals surface area contributed by atoms with E-state index in [4.69, 9.17) is 16.6 Å². The van der Waals surface area contributed by atoms with E-state index in [9.17, 15) is 0 Å². The first-order valence-corrected chi connectivity index (χ1v) is 7.72. The predicted molar refractivity (Wildman–Crippen MR) is 95.4 cm³/mol. The number of hydrogen-bond donors (Lipinski definition) is 0. The lowest BCUT2D eigenvalue weighted by Crippen LogP contribution is -2.03. The summed E-state index contributed by atoms with van der Waals surface area (Å²) in [5.74, 6) is 0.684. The minimum absolute atomic E-state index is 0.684. The van der Waals surface area contributed by atoms with Crippen molar-refractivity contribution in [2.24, 2.45) is 4.99 Å². The fraction of sp³-hybridized carbons (Fsp3) is 0. The molecule has 116 valence electrons. The van der Waals surface area contributed by atoms with Crippen LogP contribution in [-0.2, 0) is 0 Å². The molecule has 0 atom stereocenters. The van der Waals surface area contributed by atoms with Crippen LogP contribution in [0.1, 0.15) is 5.56 Å². The van der Waals surface area contributed by atoms with Crippen molar-refractivity contribution in [3.63, 3.8) is 0 Å². The second-order valence-electron chi connectivity index (χ2n) is 5.17. The van der Waals surface area contributed by atoms with Crippen molar-refractivity contribution in [1.29, 1.82) is 0 Å². The molecule has 4 aromatic rings. The van der Waals surface area contributed by atoms with Crippen molar-refractivity contribution in [1.82, 2.24) is 19.7 Å². The average molecular weight is 334 g/mol. The van der Waals surface area contributed by atoms with E-state index < -0.39 is 0 Å². The minimum Gasteiger partial charge on any atom is -0.256 e. The van der Waals surface area contributed by atoms with Gasteiger partial charge in [-0.25, -0.2) is 14.6 Å². The number of hydrogen-bond acceptors (Lipinski definition) is 4. The van der Waals surface area contributed by atoms with Gasteiger partial charge in [-0.15, -0.1) is 0 Å². The van der Waals surface area contributed by atoms with Gasteiger partial charge in [0.2, 0.25) is 0 Å². The van der Waals surface area contributed by atoms with Gasteiger partial charge in [-0.05, 0) is 36.4 Å². The first-order chi connectivity index (χ1) is 11.8. The highest BCUT2D eigenvalue weighted by atomic mass is 35.5. The zero-order valence-corrected chi connectivity index (χ0v) is 13.3. The monoisotopic (exact) mass is 333 g/mol. The van der Waals surface area contributed by atoms with Crippen LogP contribution < -0.4 is 0 Å². The Morgan fingerprint density at radius 3 is 2.67 bits per heavy atom. The van der Waals surface area contributed by atoms with Crippen molar-refractivity contribution in [3.8, 4) is 5.82 Å². The Kier molecular flexibility index (Phi) is 3.76. The van der Waals surface area contributed by atoms with Gasteiger partial charge < -0.3 is 0 Å². The lowest BCUT2D eigenvalue weighted by atomic mass is 10.1. The average Bonchev–Trinajstić information content (AvgIpc) is 3.15. The maximum absolute atomic E-state index is 5.91. The van der Waals surface area contributed by atoms with Crippen LogP contribution >= 0.6 is 11.6 Å². The fourth-order valence-corrected chi connectivity index (χ4v) is 2.52. The number of aromatic nitrogens is 4. The Bertz CT molecular complexity index is 1010. The number of nitrogens with zero attached hydrogens (tertiary/aromatic N) is 5. The smallest absolute Gasteiger partial charge is 0.164 e. The van der Waals surface area contributed by atoms with E-state index in [1.54, 1.807) is 17.2 Å². The van der Waals surface area contributed by atoms with E-state index in [1.807, 2.05) is 54.6 Å². The van der Waals surface area contributed by atoms with Gasteiger partial charge in [-0.3, -0.25) is 4.99 Å². The quantitative estimate of drug-likeness (QED) is 0.527. The first-order valence-electron chi connectivity index (χ1n) is 7.34. The maximum Gasteiger partial charge on any atom is 0.164 e. The fourth-order valence-electron chi connectivity index (χ4n) is 2.39. The topological polar surface area (TPSA) is 56.0 Å². The largest absolute Gasteiger partial charge is 0.256 e. The van der Waals surface area contributed by atoms with E-state index in [0.29, 0.717) is 10.8 Å². The van der Waals surface area contributed by atoms with Crippen molar-refractivity contribution in [2.45, 2.75) is 0 Å². The molecule has 2 aromatic heterocycles. The normalized spacial score (nSPS) is 11.4. The zero-order valence-electron chi connectivity index (χ0n) is 12.5. The van der Waals surface area contributed by atoms with Crippen LogP contribution in [0.15, 0.2) is 72.2 Å². The molecule has 0 unspecified atom stereocenters. The standard InChI is InChI=1S/C18H12ClN5/c19-15-5-7-16(8-6-15)21-10-14-9-13-3-1-2-4-17(13)23-18(14)24-12-20-11-22-24/h1-12H. The second-order valence-corrected chi connectivity index (χ2v) is 5.61. The molecule has 24 heavy (non-hydrogen) atoms. The van der Waals surface area contributed by atoms with Gasteiger partial charge in [-0.2, -0.15) is 5.10 Å². The molecule has 2 heterocycles. The first kappa shape index (κ1) is 14.5. The molecule has 4 rings (SSSR count). The number of aliphatic imine (C=N–C) groups is 1. The molecule has 0 aliphatic rings. The molecule has 0 fully saturated rings. The van der Waals surface area contributed by atoms with E-state index >= 15 is 0 Å². The Morgan fingerprint density at radius 1 is 1.04 bits per heavy atom. The van der Waals surface area contributed by atoms with Crippen LogP contribution in [0.4, 0.5) is 5.69 Å². The van der Waals surface area contributed by atoms with Crippen molar-refractivity contribution in [3.05, 3.63) is 77.8 Å². The van der Waals surface area contributed by atoms with Crippen molar-refractivity contribution >= 4 is 34.4 Å². The summed E-state index contributed by atoms with van der Waals surface area (Å²) in [5.41, 5.74) is 2.57. The summed E-state index contributed by atoms with van der Waals surface area (Å²) < 4.78 is 1.63. The molecule has 2 aromatic carbocycles. The van der Waals surface area contributed by atoms with E-state index in [0.717, 1.165) is 22.2 Å². The van der Waals surface area contributed by atoms with Gasteiger partial charge in [-0.1, -0.05) is 29.8 Å². The molecule has 6 heteroatoms. The highest BCUT2D eigenvalue weighted by Crippen LogP contribution is 2.20. The molecule has 0 saturated carbocycles. The van der Waals surface area contributed by atoms with Gasteiger partial charge in [0.15, 0.2) is 5.82 Å². The third-order valence-corrected chi connectivity index (χ3v) is 3.80. The summed E-state index contributed by atoms with van der Waals surface area (Å²) in [6, 6.07) is 17.3. The Labute approximate surface area is 143 Å². The number of rotatable bonds is 3. The van der Waals surface area contributed by atoms with E-state index in [2.05, 4.69) is 15.1 Å². The summed E-state index contributed by atoms with van der Waals surface area (Å²) in [6.07, 6.45) is 4.88. The summed E-state index contributed by atoms with van der Waals surface area (Å²) in [6.45, 7) is 0. The van der Waals surface area contributed by atoms with Gasteiger partial charge in [0.1, 0.15) is 12.7 Å². The molecule has 0 aliphatic heterocycles. The van der Waals surface area contributed by atoms with Crippen molar-refractivity contribution in [2.75, 3.05) is 0 Å². The van der Waals surface area contributed by atoms with Crippen LogP contribution in [0.5, 0.6) is 0 Å². The third-order valence-electron chi connectivity index (χ3n) is 3.55. The van der Waals surface area contributed by atoms with Crippen LogP contribution in [0.2, 0.25) is 5.02 Å². The number of benzene rings is 2. The molecule has 0 amide bonds. The Hall–Kier alpha value is -3.05. The van der Waals surface area contributed by atoms with Crippen LogP contribution in [-0.4, -0.2) is 26.0 Å². The lowest BCUT2D eigenvalue weighted by Gasteiger charge is -2.07. The molecular weight excluding hydrogens is 322 g/mol. The second kappa shape index (κ2) is 6.22. The Balaban J connectivity index is 1.83.